The van der Waals surface area contributed by atoms with Gasteiger partial charge in [-0.05, 0) is 67.6 Å². The molecule has 1 unspecified atom stereocenters. The average molecular weight is 572 g/mol. The van der Waals surface area contributed by atoms with Crippen LogP contribution in [0.3, 0.4) is 0 Å². The lowest BCUT2D eigenvalue weighted by molar-refractivity contribution is -0.115. The quantitative estimate of drug-likeness (QED) is 0.153. The Labute approximate surface area is 241 Å². The minimum absolute atomic E-state index is 0.0199. The Morgan fingerprint density at radius 2 is 1.63 bits per heavy atom. The SMILES string of the molecule is COc1ccc(NC(=O)C(C)Sc2ccc(NC(=O)/C(=C/c3ccco3)NC(=O)c3ccccc3)cc2)c(OC)c1. The van der Waals surface area contributed by atoms with Crippen LogP contribution in [0.5, 0.6) is 11.5 Å². The molecule has 0 aliphatic carbocycles. The number of nitrogens with one attached hydrogen (secondary N) is 3. The molecule has 0 spiro atoms. The van der Waals surface area contributed by atoms with Gasteiger partial charge in [-0.15, -0.1) is 11.8 Å². The van der Waals surface area contributed by atoms with Crippen LogP contribution in [0.1, 0.15) is 23.0 Å². The molecule has 41 heavy (non-hydrogen) atoms. The average Bonchev–Trinajstić information content (AvgIpc) is 3.51. The van der Waals surface area contributed by atoms with Crippen LogP contribution < -0.4 is 25.4 Å². The van der Waals surface area contributed by atoms with Gasteiger partial charge in [0.1, 0.15) is 23.0 Å². The zero-order valence-electron chi connectivity index (χ0n) is 22.7. The molecule has 210 valence electrons. The first-order chi connectivity index (χ1) is 19.9. The van der Waals surface area contributed by atoms with Gasteiger partial charge in [0, 0.05) is 28.3 Å². The van der Waals surface area contributed by atoms with Gasteiger partial charge in [0.25, 0.3) is 11.8 Å². The summed E-state index contributed by atoms with van der Waals surface area (Å²) in [6.07, 6.45) is 2.93. The van der Waals surface area contributed by atoms with Crippen LogP contribution in [0.25, 0.3) is 6.08 Å². The standard InChI is InChI=1S/C31H29N3O6S/c1-20(29(35)33-26-16-13-23(38-2)19-28(26)39-3)41-25-14-11-22(12-15-25)32-31(37)27(18-24-10-7-17-40-24)34-30(36)21-8-5-4-6-9-21/h4-20H,1-3H3,(H,32,37)(H,33,35)(H,34,36)/b27-18-. The number of benzene rings is 3. The monoisotopic (exact) mass is 571 g/mol. The second kappa shape index (κ2) is 13.9. The predicted molar refractivity (Wildman–Crippen MR) is 159 cm³/mol. The van der Waals surface area contributed by atoms with Gasteiger partial charge in [0.2, 0.25) is 5.91 Å². The van der Waals surface area contributed by atoms with Crippen molar-refractivity contribution < 1.29 is 28.3 Å². The van der Waals surface area contributed by atoms with E-state index in [1.807, 2.05) is 0 Å². The molecule has 1 atom stereocenters. The molecule has 0 saturated heterocycles. The minimum atomic E-state index is -0.521. The van der Waals surface area contributed by atoms with E-state index in [4.69, 9.17) is 13.9 Å². The van der Waals surface area contributed by atoms with E-state index in [0.717, 1.165) is 4.90 Å². The summed E-state index contributed by atoms with van der Waals surface area (Å²) < 4.78 is 15.9. The zero-order chi connectivity index (χ0) is 29.2. The molecule has 1 aromatic heterocycles. The molecule has 0 aliphatic rings. The number of furan rings is 1. The number of methoxy groups -OCH3 is 2. The minimum Gasteiger partial charge on any atom is -0.497 e. The molecule has 1 heterocycles. The summed E-state index contributed by atoms with van der Waals surface area (Å²) in [5.41, 5.74) is 1.49. The summed E-state index contributed by atoms with van der Waals surface area (Å²) in [5.74, 6) is 0.386. The molecule has 0 saturated carbocycles. The molecule has 0 radical (unpaired) electrons. The molecule has 0 fully saturated rings. The van der Waals surface area contributed by atoms with Gasteiger partial charge in [-0.2, -0.15) is 0 Å². The maximum Gasteiger partial charge on any atom is 0.272 e. The summed E-state index contributed by atoms with van der Waals surface area (Å²) in [4.78, 5) is 39.5. The van der Waals surface area contributed by atoms with Crippen molar-refractivity contribution in [1.29, 1.82) is 0 Å². The first kappa shape index (κ1) is 29.0. The number of ether oxygens (including phenoxy) is 2. The van der Waals surface area contributed by atoms with E-state index in [1.54, 1.807) is 99.0 Å². The molecule has 10 heteroatoms. The van der Waals surface area contributed by atoms with E-state index >= 15 is 0 Å². The Bertz CT molecular complexity index is 1520. The fourth-order valence-corrected chi connectivity index (χ4v) is 4.53. The maximum absolute atomic E-state index is 13.1. The van der Waals surface area contributed by atoms with Crippen molar-refractivity contribution in [3.63, 3.8) is 0 Å². The molecular formula is C31H29N3O6S. The number of hydrogen-bond donors (Lipinski definition) is 3. The Morgan fingerprint density at radius 3 is 2.29 bits per heavy atom. The summed E-state index contributed by atoms with van der Waals surface area (Å²) in [7, 11) is 3.08. The first-order valence-corrected chi connectivity index (χ1v) is 13.5. The number of rotatable bonds is 11. The van der Waals surface area contributed by atoms with Gasteiger partial charge in [-0.25, -0.2) is 0 Å². The third-order valence-electron chi connectivity index (χ3n) is 5.82. The van der Waals surface area contributed by atoms with Gasteiger partial charge in [-0.1, -0.05) is 18.2 Å². The highest BCUT2D eigenvalue weighted by Crippen LogP contribution is 2.31. The summed E-state index contributed by atoms with van der Waals surface area (Å²) in [5, 5.41) is 7.92. The van der Waals surface area contributed by atoms with Crippen molar-refractivity contribution in [3.8, 4) is 11.5 Å². The molecule has 3 aromatic carbocycles. The van der Waals surface area contributed by atoms with Crippen molar-refractivity contribution in [2.24, 2.45) is 0 Å². The van der Waals surface area contributed by atoms with E-state index in [-0.39, 0.29) is 11.6 Å². The topological polar surface area (TPSA) is 119 Å². The number of carbonyl (C=O) groups is 3. The smallest absolute Gasteiger partial charge is 0.272 e. The molecule has 4 rings (SSSR count). The van der Waals surface area contributed by atoms with Crippen molar-refractivity contribution >= 4 is 46.9 Å². The molecular weight excluding hydrogens is 542 g/mol. The van der Waals surface area contributed by atoms with E-state index < -0.39 is 17.1 Å². The highest BCUT2D eigenvalue weighted by molar-refractivity contribution is 8.00. The highest BCUT2D eigenvalue weighted by Gasteiger charge is 2.18. The van der Waals surface area contributed by atoms with Gasteiger partial charge in [-0.3, -0.25) is 14.4 Å². The second-order valence-corrected chi connectivity index (χ2v) is 10.1. The summed E-state index contributed by atoms with van der Waals surface area (Å²) in [6.45, 7) is 1.80. The van der Waals surface area contributed by atoms with Crippen LogP contribution in [0.2, 0.25) is 0 Å². The lowest BCUT2D eigenvalue weighted by atomic mass is 10.2. The Balaban J connectivity index is 1.39. The number of hydrogen-bond acceptors (Lipinski definition) is 7. The number of anilines is 2. The van der Waals surface area contributed by atoms with Gasteiger partial charge in [0.15, 0.2) is 0 Å². The normalized spacial score (nSPS) is 11.7. The Hall–Kier alpha value is -4.96. The van der Waals surface area contributed by atoms with E-state index in [1.165, 1.54) is 31.2 Å². The fourth-order valence-electron chi connectivity index (χ4n) is 3.67. The second-order valence-electron chi connectivity index (χ2n) is 8.69. The number of amides is 3. The molecule has 4 aromatic rings. The molecule has 9 nitrogen and oxygen atoms in total. The number of thioether (sulfide) groups is 1. The summed E-state index contributed by atoms with van der Waals surface area (Å²) in [6, 6.07) is 24.2. The van der Waals surface area contributed by atoms with Crippen LogP contribution in [0.15, 0.2) is 106 Å². The van der Waals surface area contributed by atoms with E-state index in [2.05, 4.69) is 16.0 Å². The van der Waals surface area contributed by atoms with Gasteiger partial charge >= 0.3 is 0 Å². The fraction of sp³-hybridized carbons (Fsp3) is 0.129. The van der Waals surface area contributed by atoms with Crippen molar-refractivity contribution in [3.05, 3.63) is 108 Å². The molecule has 3 N–H and O–H groups in total. The van der Waals surface area contributed by atoms with Crippen LogP contribution in [-0.2, 0) is 9.59 Å². The molecule has 0 bridgehead atoms. The third kappa shape index (κ3) is 8.02. The first-order valence-electron chi connectivity index (χ1n) is 12.6. The van der Waals surface area contributed by atoms with Crippen LogP contribution in [0.4, 0.5) is 11.4 Å². The van der Waals surface area contributed by atoms with Crippen LogP contribution in [0, 0.1) is 0 Å². The predicted octanol–water partition coefficient (Wildman–Crippen LogP) is 5.83. The largest absolute Gasteiger partial charge is 0.497 e. The zero-order valence-corrected chi connectivity index (χ0v) is 23.5. The summed E-state index contributed by atoms with van der Waals surface area (Å²) >= 11 is 1.36. The van der Waals surface area contributed by atoms with Crippen molar-refractivity contribution in [2.75, 3.05) is 24.9 Å². The van der Waals surface area contributed by atoms with E-state index in [0.29, 0.717) is 34.2 Å². The third-order valence-corrected chi connectivity index (χ3v) is 6.93. The van der Waals surface area contributed by atoms with Crippen LogP contribution >= 0.6 is 11.8 Å². The Kier molecular flexibility index (Phi) is 9.85. The van der Waals surface area contributed by atoms with Crippen molar-refractivity contribution in [1.82, 2.24) is 5.32 Å². The maximum atomic E-state index is 13.1. The lowest BCUT2D eigenvalue weighted by Crippen LogP contribution is -2.30. The molecule has 3 amide bonds. The van der Waals surface area contributed by atoms with Crippen molar-refractivity contribution in [2.45, 2.75) is 17.1 Å². The lowest BCUT2D eigenvalue weighted by Gasteiger charge is -2.15. The van der Waals surface area contributed by atoms with E-state index in [9.17, 15) is 14.4 Å². The van der Waals surface area contributed by atoms with Gasteiger partial charge in [0.05, 0.1) is 31.4 Å². The highest BCUT2D eigenvalue weighted by atomic mass is 32.2. The van der Waals surface area contributed by atoms with Crippen LogP contribution in [-0.4, -0.2) is 37.2 Å². The molecule has 0 aliphatic heterocycles. The Morgan fingerprint density at radius 1 is 0.878 bits per heavy atom. The van der Waals surface area contributed by atoms with Gasteiger partial charge < -0.3 is 29.8 Å². The number of carbonyl (C=O) groups excluding carboxylic acids is 3.